The lowest BCUT2D eigenvalue weighted by Crippen LogP contribution is -2.14. The normalized spacial score (nSPS) is 10.4. The van der Waals surface area contributed by atoms with E-state index < -0.39 is 0 Å². The van der Waals surface area contributed by atoms with Crippen LogP contribution >= 0.6 is 38.5 Å². The van der Waals surface area contributed by atoms with Gasteiger partial charge in [0.15, 0.2) is 0 Å². The van der Waals surface area contributed by atoms with Gasteiger partial charge in [-0.2, -0.15) is 0 Å². The van der Waals surface area contributed by atoms with Gasteiger partial charge < -0.3 is 11.1 Å². The van der Waals surface area contributed by atoms with Crippen LogP contribution in [0, 0.1) is 17.4 Å². The predicted molar refractivity (Wildman–Crippen MR) is 95.1 cm³/mol. The molecule has 3 N–H and O–H groups in total. The van der Waals surface area contributed by atoms with Crippen molar-refractivity contribution in [3.8, 4) is 0 Å². The van der Waals surface area contributed by atoms with Gasteiger partial charge in [-0.05, 0) is 93.8 Å². The Bertz CT molecular complexity index is 686. The van der Waals surface area contributed by atoms with Crippen LogP contribution in [0.2, 0.25) is 0 Å². The van der Waals surface area contributed by atoms with E-state index in [2.05, 4.69) is 43.8 Å². The fraction of sp³-hybridized carbons (Fsp3) is 0.133. The Hall–Kier alpha value is -1.08. The zero-order valence-electron chi connectivity index (χ0n) is 11.1. The smallest absolute Gasteiger partial charge is 0.256 e. The lowest BCUT2D eigenvalue weighted by atomic mass is 10.1. The van der Waals surface area contributed by atoms with Crippen molar-refractivity contribution in [3.05, 3.63) is 55.1 Å². The first kappa shape index (κ1) is 15.3. The average molecular weight is 445 g/mol. The van der Waals surface area contributed by atoms with Crippen molar-refractivity contribution in [2.45, 2.75) is 13.8 Å². The largest absolute Gasteiger partial charge is 0.399 e. The van der Waals surface area contributed by atoms with Crippen molar-refractivity contribution in [1.29, 1.82) is 0 Å². The molecule has 2 aromatic carbocycles. The number of nitrogens with one attached hydrogen (secondary N) is 1. The molecule has 0 fully saturated rings. The van der Waals surface area contributed by atoms with Gasteiger partial charge in [0.05, 0.1) is 5.56 Å². The van der Waals surface area contributed by atoms with Crippen LogP contribution in [0.5, 0.6) is 0 Å². The zero-order chi connectivity index (χ0) is 14.9. The number of hydrogen-bond donors (Lipinski definition) is 2. The third-order valence-electron chi connectivity index (χ3n) is 3.03. The molecule has 0 atom stereocenters. The summed E-state index contributed by atoms with van der Waals surface area (Å²) >= 11 is 5.59. The van der Waals surface area contributed by atoms with Crippen LogP contribution in [-0.4, -0.2) is 5.91 Å². The van der Waals surface area contributed by atoms with Crippen LogP contribution < -0.4 is 11.1 Å². The molecule has 20 heavy (non-hydrogen) atoms. The molecule has 0 heterocycles. The number of nitrogen functional groups attached to an aromatic ring is 1. The van der Waals surface area contributed by atoms with Crippen LogP contribution in [0.1, 0.15) is 21.5 Å². The Morgan fingerprint density at radius 2 is 1.90 bits per heavy atom. The highest BCUT2D eigenvalue weighted by molar-refractivity contribution is 14.1. The predicted octanol–water partition coefficient (Wildman–Crippen LogP) is 4.51. The van der Waals surface area contributed by atoms with Gasteiger partial charge in [-0.1, -0.05) is 0 Å². The van der Waals surface area contributed by atoms with Gasteiger partial charge in [0.2, 0.25) is 0 Å². The molecule has 0 unspecified atom stereocenters. The first-order valence-electron chi connectivity index (χ1n) is 6.01. The van der Waals surface area contributed by atoms with E-state index in [1.54, 1.807) is 0 Å². The fourth-order valence-electron chi connectivity index (χ4n) is 1.83. The number of anilines is 2. The van der Waals surface area contributed by atoms with E-state index in [0.29, 0.717) is 5.56 Å². The van der Waals surface area contributed by atoms with Crippen molar-refractivity contribution in [2.24, 2.45) is 0 Å². The fourth-order valence-corrected chi connectivity index (χ4v) is 2.75. The maximum atomic E-state index is 12.4. The quantitative estimate of drug-likeness (QED) is 0.529. The van der Waals surface area contributed by atoms with Crippen LogP contribution in [0.3, 0.4) is 0 Å². The minimum Gasteiger partial charge on any atom is -0.399 e. The molecule has 0 aliphatic heterocycles. The highest BCUT2D eigenvalue weighted by Crippen LogP contribution is 2.25. The number of rotatable bonds is 2. The first-order chi connectivity index (χ1) is 9.38. The summed E-state index contributed by atoms with van der Waals surface area (Å²) in [5, 5.41) is 2.93. The van der Waals surface area contributed by atoms with E-state index in [1.807, 2.05) is 44.2 Å². The number of hydrogen-bond acceptors (Lipinski definition) is 2. The molecule has 104 valence electrons. The van der Waals surface area contributed by atoms with Crippen molar-refractivity contribution >= 4 is 55.8 Å². The first-order valence-corrected chi connectivity index (χ1v) is 7.89. The summed E-state index contributed by atoms with van der Waals surface area (Å²) in [6.45, 7) is 3.85. The molecular formula is C15H14BrIN2O. The molecule has 0 aliphatic rings. The summed E-state index contributed by atoms with van der Waals surface area (Å²) in [5.41, 5.74) is 9.89. The lowest BCUT2D eigenvalue weighted by molar-refractivity contribution is 0.102. The minimum atomic E-state index is -0.136. The van der Waals surface area contributed by atoms with Crippen LogP contribution in [0.15, 0.2) is 34.8 Å². The lowest BCUT2D eigenvalue weighted by Gasteiger charge is -2.12. The molecule has 0 saturated heterocycles. The Labute approximate surface area is 140 Å². The van der Waals surface area contributed by atoms with Crippen molar-refractivity contribution < 1.29 is 4.79 Å². The molecule has 1 amide bonds. The van der Waals surface area contributed by atoms with Crippen LogP contribution in [0.4, 0.5) is 11.4 Å². The molecule has 0 aliphatic carbocycles. The van der Waals surface area contributed by atoms with E-state index in [4.69, 9.17) is 5.73 Å². The van der Waals surface area contributed by atoms with Gasteiger partial charge in [-0.25, -0.2) is 0 Å². The van der Waals surface area contributed by atoms with Crippen molar-refractivity contribution in [2.75, 3.05) is 11.1 Å². The zero-order valence-corrected chi connectivity index (χ0v) is 14.9. The molecule has 2 aromatic rings. The minimum absolute atomic E-state index is 0.136. The molecule has 2 rings (SSSR count). The summed E-state index contributed by atoms with van der Waals surface area (Å²) in [6, 6.07) is 9.43. The van der Waals surface area contributed by atoms with Gasteiger partial charge in [0.25, 0.3) is 5.91 Å². The van der Waals surface area contributed by atoms with Crippen molar-refractivity contribution in [3.63, 3.8) is 0 Å². The van der Waals surface area contributed by atoms with Crippen LogP contribution in [-0.2, 0) is 0 Å². The molecule has 5 heteroatoms. The topological polar surface area (TPSA) is 55.1 Å². The Kier molecular flexibility index (Phi) is 4.70. The standard InChI is InChI=1S/C15H14BrIN2O/c1-8-6-14(9(2)5-13(8)18)19-15(20)11-7-10(17)3-4-12(11)16/h3-7H,18H2,1-2H3,(H,19,20). The third kappa shape index (κ3) is 3.32. The molecule has 3 nitrogen and oxygen atoms in total. The van der Waals surface area contributed by atoms with Gasteiger partial charge >= 0.3 is 0 Å². The third-order valence-corrected chi connectivity index (χ3v) is 4.40. The summed E-state index contributed by atoms with van der Waals surface area (Å²) in [7, 11) is 0. The van der Waals surface area contributed by atoms with E-state index in [1.165, 1.54) is 0 Å². The van der Waals surface area contributed by atoms with E-state index in [0.717, 1.165) is 30.5 Å². The molecule has 0 saturated carbocycles. The Morgan fingerprint density at radius 3 is 2.60 bits per heavy atom. The maximum absolute atomic E-state index is 12.4. The molecule has 0 bridgehead atoms. The summed E-state index contributed by atoms with van der Waals surface area (Å²) in [4.78, 5) is 12.4. The molecule has 0 radical (unpaired) electrons. The number of carbonyl (C=O) groups is 1. The number of amides is 1. The maximum Gasteiger partial charge on any atom is 0.256 e. The molecular weight excluding hydrogens is 431 g/mol. The van der Waals surface area contributed by atoms with E-state index in [9.17, 15) is 4.79 Å². The van der Waals surface area contributed by atoms with Gasteiger partial charge in [-0.15, -0.1) is 0 Å². The second-order valence-corrected chi connectivity index (χ2v) is 6.70. The molecule has 0 spiro atoms. The number of nitrogens with two attached hydrogens (primary N) is 1. The summed E-state index contributed by atoms with van der Waals surface area (Å²) < 4.78 is 1.79. The Morgan fingerprint density at radius 1 is 1.20 bits per heavy atom. The highest BCUT2D eigenvalue weighted by Gasteiger charge is 2.12. The Balaban J connectivity index is 2.32. The highest BCUT2D eigenvalue weighted by atomic mass is 127. The summed E-state index contributed by atoms with van der Waals surface area (Å²) in [5.74, 6) is -0.136. The summed E-state index contributed by atoms with van der Waals surface area (Å²) in [6.07, 6.45) is 0. The number of carbonyl (C=O) groups excluding carboxylic acids is 1. The second kappa shape index (κ2) is 6.13. The van der Waals surface area contributed by atoms with Gasteiger partial charge in [-0.3, -0.25) is 4.79 Å². The van der Waals surface area contributed by atoms with E-state index in [-0.39, 0.29) is 5.91 Å². The number of aryl methyl sites for hydroxylation is 2. The van der Waals surface area contributed by atoms with Gasteiger partial charge in [0.1, 0.15) is 0 Å². The number of benzene rings is 2. The van der Waals surface area contributed by atoms with Crippen LogP contribution in [0.25, 0.3) is 0 Å². The van der Waals surface area contributed by atoms with Gasteiger partial charge in [0, 0.05) is 19.4 Å². The molecule has 0 aromatic heterocycles. The average Bonchev–Trinajstić information content (AvgIpc) is 2.38. The SMILES string of the molecule is Cc1cc(NC(=O)c2cc(I)ccc2Br)c(C)cc1N. The van der Waals surface area contributed by atoms with Crippen molar-refractivity contribution in [1.82, 2.24) is 0 Å². The number of halogens is 2. The second-order valence-electron chi connectivity index (χ2n) is 4.60. The monoisotopic (exact) mass is 444 g/mol. The van der Waals surface area contributed by atoms with E-state index >= 15 is 0 Å².